The lowest BCUT2D eigenvalue weighted by Crippen LogP contribution is -2.51. The summed E-state index contributed by atoms with van der Waals surface area (Å²) in [5.74, 6) is -0.433. The standard InChI is InChI=1S/C14H14Cl2N6O3/c15-8-1-2-9(16)10(7-8)18-14(24)22-5-3-21(4-6-22)13(23)11-12(17)20-25-19-11/h1-2,7H,3-6H2,(H2,17,20)(H,18,24). The number of amides is 3. The highest BCUT2D eigenvalue weighted by atomic mass is 35.5. The summed E-state index contributed by atoms with van der Waals surface area (Å²) in [5.41, 5.74) is 5.93. The number of urea groups is 1. The maximum atomic E-state index is 12.3. The number of benzene rings is 1. The number of hydrogen-bond acceptors (Lipinski definition) is 6. The first-order valence-electron chi connectivity index (χ1n) is 7.34. The minimum Gasteiger partial charge on any atom is -0.379 e. The van der Waals surface area contributed by atoms with Gasteiger partial charge in [0, 0.05) is 31.2 Å². The number of aromatic nitrogens is 2. The molecule has 2 heterocycles. The van der Waals surface area contributed by atoms with Gasteiger partial charge in [-0.15, -0.1) is 0 Å². The van der Waals surface area contributed by atoms with Crippen molar-refractivity contribution < 1.29 is 14.2 Å². The Morgan fingerprint density at radius 3 is 2.44 bits per heavy atom. The number of nitrogens with one attached hydrogen (secondary N) is 1. The van der Waals surface area contributed by atoms with Crippen LogP contribution in [0.4, 0.5) is 16.3 Å². The first-order chi connectivity index (χ1) is 12.0. The Morgan fingerprint density at radius 2 is 1.80 bits per heavy atom. The molecule has 9 nitrogen and oxygen atoms in total. The van der Waals surface area contributed by atoms with E-state index in [0.29, 0.717) is 41.9 Å². The van der Waals surface area contributed by atoms with Crippen LogP contribution in [0.25, 0.3) is 0 Å². The Bertz CT molecular complexity index is 804. The van der Waals surface area contributed by atoms with Crippen molar-refractivity contribution in [2.45, 2.75) is 0 Å². The first-order valence-corrected chi connectivity index (χ1v) is 8.09. The van der Waals surface area contributed by atoms with Crippen LogP contribution >= 0.6 is 23.2 Å². The second kappa shape index (κ2) is 7.16. The van der Waals surface area contributed by atoms with Crippen molar-refractivity contribution in [2.24, 2.45) is 0 Å². The van der Waals surface area contributed by atoms with Crippen molar-refractivity contribution in [2.75, 3.05) is 37.2 Å². The fraction of sp³-hybridized carbons (Fsp3) is 0.286. The summed E-state index contributed by atoms with van der Waals surface area (Å²) in [6, 6.07) is 4.49. The molecule has 1 aromatic carbocycles. The monoisotopic (exact) mass is 384 g/mol. The predicted molar refractivity (Wildman–Crippen MR) is 91.7 cm³/mol. The minimum absolute atomic E-state index is 0.0244. The van der Waals surface area contributed by atoms with Crippen LogP contribution in [0.15, 0.2) is 22.8 Å². The summed E-state index contributed by atoms with van der Waals surface area (Å²) in [4.78, 5) is 27.7. The average molecular weight is 385 g/mol. The molecule has 2 aromatic rings. The molecule has 1 saturated heterocycles. The van der Waals surface area contributed by atoms with Crippen LogP contribution in [-0.2, 0) is 0 Å². The molecule has 0 spiro atoms. The number of nitrogens with two attached hydrogens (primary N) is 1. The van der Waals surface area contributed by atoms with E-state index in [1.807, 2.05) is 0 Å². The first kappa shape index (κ1) is 17.3. The van der Waals surface area contributed by atoms with E-state index in [-0.39, 0.29) is 23.5 Å². The Morgan fingerprint density at radius 1 is 1.12 bits per heavy atom. The third-order valence-corrected chi connectivity index (χ3v) is 4.31. The van der Waals surface area contributed by atoms with Crippen LogP contribution in [0.3, 0.4) is 0 Å². The van der Waals surface area contributed by atoms with Gasteiger partial charge in [0.25, 0.3) is 5.91 Å². The second-order valence-corrected chi connectivity index (χ2v) is 6.18. The quantitative estimate of drug-likeness (QED) is 0.816. The molecule has 1 aliphatic rings. The van der Waals surface area contributed by atoms with Crippen molar-refractivity contribution in [3.05, 3.63) is 33.9 Å². The van der Waals surface area contributed by atoms with Gasteiger partial charge >= 0.3 is 6.03 Å². The molecule has 1 aromatic heterocycles. The van der Waals surface area contributed by atoms with E-state index in [4.69, 9.17) is 28.9 Å². The van der Waals surface area contributed by atoms with E-state index in [0.717, 1.165) is 0 Å². The van der Waals surface area contributed by atoms with Crippen LogP contribution in [0.2, 0.25) is 10.0 Å². The topological polar surface area (TPSA) is 118 Å². The maximum absolute atomic E-state index is 12.3. The molecular weight excluding hydrogens is 371 g/mol. The number of carbonyl (C=O) groups excluding carboxylic acids is 2. The highest BCUT2D eigenvalue weighted by Crippen LogP contribution is 2.25. The van der Waals surface area contributed by atoms with Crippen molar-refractivity contribution >= 4 is 46.6 Å². The molecule has 0 aliphatic carbocycles. The van der Waals surface area contributed by atoms with E-state index in [1.165, 1.54) is 4.90 Å². The molecule has 3 rings (SSSR count). The molecule has 0 unspecified atom stereocenters. The number of piperazine rings is 1. The molecule has 1 aliphatic heterocycles. The minimum atomic E-state index is -0.378. The normalized spacial score (nSPS) is 14.5. The molecule has 0 saturated carbocycles. The Kier molecular flexibility index (Phi) is 4.95. The third-order valence-electron chi connectivity index (χ3n) is 3.74. The molecule has 132 valence electrons. The van der Waals surface area contributed by atoms with E-state index in [2.05, 4.69) is 20.3 Å². The lowest BCUT2D eigenvalue weighted by molar-refractivity contribution is 0.0661. The molecule has 0 atom stereocenters. The van der Waals surface area contributed by atoms with Crippen molar-refractivity contribution in [1.82, 2.24) is 20.1 Å². The van der Waals surface area contributed by atoms with Gasteiger partial charge in [-0.2, -0.15) is 0 Å². The summed E-state index contributed by atoms with van der Waals surface area (Å²) in [7, 11) is 0. The molecule has 0 bridgehead atoms. The summed E-state index contributed by atoms with van der Waals surface area (Å²) in [6.07, 6.45) is 0. The van der Waals surface area contributed by atoms with Gasteiger partial charge in [0.2, 0.25) is 11.5 Å². The molecular formula is C14H14Cl2N6O3. The summed E-state index contributed by atoms with van der Waals surface area (Å²) in [5, 5.41) is 10.4. The highest BCUT2D eigenvalue weighted by molar-refractivity contribution is 6.35. The zero-order chi connectivity index (χ0) is 18.0. The van der Waals surface area contributed by atoms with Crippen LogP contribution in [-0.4, -0.2) is 58.2 Å². The van der Waals surface area contributed by atoms with E-state index in [9.17, 15) is 9.59 Å². The van der Waals surface area contributed by atoms with E-state index >= 15 is 0 Å². The lowest BCUT2D eigenvalue weighted by Gasteiger charge is -2.34. The molecule has 3 N–H and O–H groups in total. The number of nitrogen functional groups attached to an aromatic ring is 1. The van der Waals surface area contributed by atoms with Crippen LogP contribution in [0.5, 0.6) is 0 Å². The fourth-order valence-corrected chi connectivity index (χ4v) is 2.73. The van der Waals surface area contributed by atoms with Gasteiger partial charge in [-0.3, -0.25) is 4.79 Å². The SMILES string of the molecule is Nc1nonc1C(=O)N1CCN(C(=O)Nc2cc(Cl)ccc2Cl)CC1. The largest absolute Gasteiger partial charge is 0.379 e. The smallest absolute Gasteiger partial charge is 0.322 e. The van der Waals surface area contributed by atoms with Crippen LogP contribution in [0, 0.1) is 0 Å². The number of nitrogens with zero attached hydrogens (tertiary/aromatic N) is 4. The maximum Gasteiger partial charge on any atom is 0.322 e. The fourth-order valence-electron chi connectivity index (χ4n) is 2.39. The number of halogens is 2. The predicted octanol–water partition coefficient (Wildman–Crippen LogP) is 1.95. The summed E-state index contributed by atoms with van der Waals surface area (Å²) >= 11 is 11.9. The van der Waals surface area contributed by atoms with Gasteiger partial charge in [-0.1, -0.05) is 23.2 Å². The van der Waals surface area contributed by atoms with Gasteiger partial charge in [0.05, 0.1) is 10.7 Å². The zero-order valence-electron chi connectivity index (χ0n) is 12.9. The van der Waals surface area contributed by atoms with Gasteiger partial charge in [0.1, 0.15) is 0 Å². The number of hydrogen-bond donors (Lipinski definition) is 2. The number of anilines is 2. The van der Waals surface area contributed by atoms with E-state index in [1.54, 1.807) is 23.1 Å². The highest BCUT2D eigenvalue weighted by Gasteiger charge is 2.28. The Hall–Kier alpha value is -2.52. The van der Waals surface area contributed by atoms with Gasteiger partial charge < -0.3 is 20.9 Å². The van der Waals surface area contributed by atoms with Gasteiger partial charge in [-0.25, -0.2) is 9.42 Å². The molecule has 11 heteroatoms. The third kappa shape index (κ3) is 3.77. The van der Waals surface area contributed by atoms with Gasteiger partial charge in [-0.05, 0) is 28.5 Å². The van der Waals surface area contributed by atoms with Crippen LogP contribution in [0.1, 0.15) is 10.5 Å². The number of carbonyl (C=O) groups is 2. The Balaban J connectivity index is 1.58. The summed E-state index contributed by atoms with van der Waals surface area (Å²) < 4.78 is 4.43. The Labute approximate surface area is 152 Å². The van der Waals surface area contributed by atoms with Crippen molar-refractivity contribution in [3.8, 4) is 0 Å². The molecule has 0 radical (unpaired) electrons. The van der Waals surface area contributed by atoms with Crippen molar-refractivity contribution in [3.63, 3.8) is 0 Å². The lowest BCUT2D eigenvalue weighted by atomic mass is 10.2. The molecule has 25 heavy (non-hydrogen) atoms. The molecule has 3 amide bonds. The number of rotatable bonds is 2. The summed E-state index contributed by atoms with van der Waals surface area (Å²) in [6.45, 7) is 1.37. The van der Waals surface area contributed by atoms with Crippen LogP contribution < -0.4 is 11.1 Å². The zero-order valence-corrected chi connectivity index (χ0v) is 14.4. The van der Waals surface area contributed by atoms with Gasteiger partial charge in [0.15, 0.2) is 0 Å². The van der Waals surface area contributed by atoms with Crippen molar-refractivity contribution in [1.29, 1.82) is 0 Å². The average Bonchev–Trinajstić information content (AvgIpc) is 3.03. The second-order valence-electron chi connectivity index (χ2n) is 5.33. The van der Waals surface area contributed by atoms with E-state index < -0.39 is 0 Å². The molecule has 1 fully saturated rings.